The first-order valence-corrected chi connectivity index (χ1v) is 5.27. The molecule has 26 heavy (non-hydrogen) atoms. The Morgan fingerprint density at radius 1 is 0.269 bits per heavy atom. The average Bonchev–Trinajstić information content (AvgIpc) is 2.35. The van der Waals surface area contributed by atoms with Crippen LogP contribution in [0.15, 0.2) is 0 Å². The van der Waals surface area contributed by atoms with Crippen molar-refractivity contribution in [3.05, 3.63) is 0 Å². The van der Waals surface area contributed by atoms with Gasteiger partial charge in [-0.2, -0.15) is 52.7 Å². The van der Waals surface area contributed by atoms with E-state index in [-0.39, 0.29) is 0 Å². The molecule has 0 saturated heterocycles. The van der Waals surface area contributed by atoms with Crippen LogP contribution in [0.5, 0.6) is 0 Å². The second kappa shape index (κ2) is 10.1. The fourth-order valence-corrected chi connectivity index (χ4v) is 0.471. The zero-order valence-corrected chi connectivity index (χ0v) is 11.5. The van der Waals surface area contributed by atoms with Crippen LogP contribution in [0.3, 0.4) is 0 Å². The lowest BCUT2D eigenvalue weighted by Gasteiger charge is -1.90. The summed E-state index contributed by atoms with van der Waals surface area (Å²) in [6, 6.07) is 0. The van der Waals surface area contributed by atoms with Gasteiger partial charge in [-0.3, -0.25) is 0 Å². The number of halogens is 12. The molecule has 0 aliphatic heterocycles. The third-order valence-electron chi connectivity index (χ3n) is 1.07. The lowest BCUT2D eigenvalue weighted by Crippen LogP contribution is -2.02. The van der Waals surface area contributed by atoms with Crippen LogP contribution in [0.4, 0.5) is 52.7 Å². The highest BCUT2D eigenvalue weighted by atomic mass is 19.4. The molecular formula is C14F12. The van der Waals surface area contributed by atoms with Gasteiger partial charge in [-0.15, -0.1) is 0 Å². The van der Waals surface area contributed by atoms with Gasteiger partial charge in [0, 0.05) is 23.7 Å². The van der Waals surface area contributed by atoms with Crippen molar-refractivity contribution in [2.45, 2.75) is 24.7 Å². The van der Waals surface area contributed by atoms with E-state index in [2.05, 4.69) is 0 Å². The molecule has 0 fully saturated rings. The summed E-state index contributed by atoms with van der Waals surface area (Å²) in [7, 11) is 0. The van der Waals surface area contributed by atoms with E-state index in [0.29, 0.717) is 11.8 Å². The van der Waals surface area contributed by atoms with Crippen LogP contribution in [0, 0.1) is 59.2 Å². The molecule has 0 aromatic carbocycles. The van der Waals surface area contributed by atoms with Gasteiger partial charge in [0.1, 0.15) is 0 Å². The van der Waals surface area contributed by atoms with Gasteiger partial charge >= 0.3 is 24.7 Å². The smallest absolute Gasteiger partial charge is 0.159 e. The zero-order valence-electron chi connectivity index (χ0n) is 11.5. The van der Waals surface area contributed by atoms with Crippen molar-refractivity contribution in [2.24, 2.45) is 0 Å². The Balaban J connectivity index is 0. The van der Waals surface area contributed by atoms with Crippen LogP contribution in [0.2, 0.25) is 0 Å². The van der Waals surface area contributed by atoms with Gasteiger partial charge in [-0.05, 0) is 35.5 Å². The lowest BCUT2D eigenvalue weighted by atomic mass is 10.5. The lowest BCUT2D eigenvalue weighted by molar-refractivity contribution is -0.0710. The van der Waals surface area contributed by atoms with E-state index >= 15 is 0 Å². The molecule has 0 unspecified atom stereocenters. The summed E-state index contributed by atoms with van der Waals surface area (Å²) in [5.41, 5.74) is 0. The number of hydrogen-bond donors (Lipinski definition) is 0. The fourth-order valence-electron chi connectivity index (χ4n) is 0.471. The molecule has 0 aromatic rings. The molecule has 0 saturated carbocycles. The van der Waals surface area contributed by atoms with Crippen molar-refractivity contribution in [3.8, 4) is 59.2 Å². The summed E-state index contributed by atoms with van der Waals surface area (Å²) in [4.78, 5) is 0. The molecule has 0 heterocycles. The third-order valence-corrected chi connectivity index (χ3v) is 1.07. The Morgan fingerprint density at radius 2 is 0.423 bits per heavy atom. The quantitative estimate of drug-likeness (QED) is 0.425. The molecule has 0 atom stereocenters. The number of rotatable bonds is 0. The van der Waals surface area contributed by atoms with Crippen LogP contribution >= 0.6 is 0 Å². The predicted octanol–water partition coefficient (Wildman–Crippen LogP) is 4.24. The van der Waals surface area contributed by atoms with Crippen molar-refractivity contribution in [2.75, 3.05) is 0 Å². The van der Waals surface area contributed by atoms with Crippen molar-refractivity contribution >= 4 is 0 Å². The summed E-state index contributed by atoms with van der Waals surface area (Å²) in [6.07, 6.45) is -19.0. The standard InChI is InChI=1S/C8F6.C6F6/c9-7(10,11)5-3-1-2-4-6-8(12,13)14;7-5(8,9)3-1-2-4-6(10,11)12. The minimum atomic E-state index is -4.81. The maximum Gasteiger partial charge on any atom is 0.458 e. The molecule has 0 nitrogen and oxygen atoms in total. The summed E-state index contributed by atoms with van der Waals surface area (Å²) < 4.78 is 135. The summed E-state index contributed by atoms with van der Waals surface area (Å²) >= 11 is 0. The van der Waals surface area contributed by atoms with E-state index in [1.54, 1.807) is 0 Å². The van der Waals surface area contributed by atoms with Crippen LogP contribution in [-0.2, 0) is 0 Å². The van der Waals surface area contributed by atoms with Crippen molar-refractivity contribution in [1.29, 1.82) is 0 Å². The largest absolute Gasteiger partial charge is 0.458 e. The molecule has 0 aliphatic carbocycles. The monoisotopic (exact) mass is 396 g/mol. The van der Waals surface area contributed by atoms with Gasteiger partial charge in [-0.1, -0.05) is 0 Å². The van der Waals surface area contributed by atoms with Crippen molar-refractivity contribution in [3.63, 3.8) is 0 Å². The molecule has 0 rings (SSSR count). The SMILES string of the molecule is FC(F)(F)C#CC#CC#CC(F)(F)F.FC(F)(F)C#CC#CC(F)(F)F. The first-order valence-electron chi connectivity index (χ1n) is 5.27. The van der Waals surface area contributed by atoms with Gasteiger partial charge in [0.2, 0.25) is 0 Å². The van der Waals surface area contributed by atoms with E-state index < -0.39 is 24.7 Å². The van der Waals surface area contributed by atoms with E-state index in [0.717, 1.165) is 23.7 Å². The Bertz CT molecular complexity index is 694. The maximum absolute atomic E-state index is 11.3. The van der Waals surface area contributed by atoms with Crippen molar-refractivity contribution in [1.82, 2.24) is 0 Å². The highest BCUT2D eigenvalue weighted by Crippen LogP contribution is 2.13. The van der Waals surface area contributed by atoms with Gasteiger partial charge in [0.05, 0.1) is 0 Å². The molecule has 12 heteroatoms. The topological polar surface area (TPSA) is 0 Å². The molecule has 0 aromatic heterocycles. The highest BCUT2D eigenvalue weighted by molar-refractivity contribution is 5.36. The molecule has 0 N–H and O–H groups in total. The van der Waals surface area contributed by atoms with Crippen LogP contribution < -0.4 is 0 Å². The molecule has 140 valence electrons. The first kappa shape index (κ1) is 25.2. The molecule has 0 radical (unpaired) electrons. The van der Waals surface area contributed by atoms with Crippen LogP contribution in [-0.4, -0.2) is 24.7 Å². The summed E-state index contributed by atoms with van der Waals surface area (Å²) in [5.74, 6) is 10.3. The Hall–Kier alpha value is -3.04. The van der Waals surface area contributed by atoms with Gasteiger partial charge in [0.15, 0.2) is 0 Å². The number of hydrogen-bond acceptors (Lipinski definition) is 0. The van der Waals surface area contributed by atoms with Gasteiger partial charge < -0.3 is 0 Å². The maximum atomic E-state index is 11.3. The summed E-state index contributed by atoms with van der Waals surface area (Å²) in [5, 5.41) is 0. The van der Waals surface area contributed by atoms with E-state index in [1.807, 2.05) is 0 Å². The highest BCUT2D eigenvalue weighted by Gasteiger charge is 2.24. The molecule has 0 amide bonds. The zero-order chi connectivity index (χ0) is 21.1. The molecule has 0 aliphatic rings. The van der Waals surface area contributed by atoms with Gasteiger partial charge in [0.25, 0.3) is 0 Å². The van der Waals surface area contributed by atoms with Crippen molar-refractivity contribution < 1.29 is 52.7 Å². The average molecular weight is 396 g/mol. The third kappa shape index (κ3) is 29.0. The molecule has 0 bridgehead atoms. The fraction of sp³-hybridized carbons (Fsp3) is 0.286. The minimum absolute atomic E-state index is 0.571. The first-order chi connectivity index (χ1) is 11.4. The summed E-state index contributed by atoms with van der Waals surface area (Å²) in [6.45, 7) is 0. The second-order valence-corrected chi connectivity index (χ2v) is 3.24. The minimum Gasteiger partial charge on any atom is -0.159 e. The van der Waals surface area contributed by atoms with Crippen LogP contribution in [0.25, 0.3) is 0 Å². The predicted molar refractivity (Wildman–Crippen MR) is 63.1 cm³/mol. The van der Waals surface area contributed by atoms with E-state index in [1.165, 1.54) is 23.7 Å². The Labute approximate surface area is 137 Å². The second-order valence-electron chi connectivity index (χ2n) is 3.24. The number of alkyl halides is 12. The van der Waals surface area contributed by atoms with E-state index in [4.69, 9.17) is 0 Å². The van der Waals surface area contributed by atoms with Crippen LogP contribution in [0.1, 0.15) is 0 Å². The Kier molecular flexibility index (Phi) is 9.76. The van der Waals surface area contributed by atoms with Gasteiger partial charge in [-0.25, -0.2) is 0 Å². The molecule has 0 spiro atoms. The Morgan fingerprint density at radius 3 is 0.577 bits per heavy atom. The normalized spacial score (nSPS) is 10.3. The van der Waals surface area contributed by atoms with E-state index in [9.17, 15) is 52.7 Å². The molecular weight excluding hydrogens is 396 g/mol.